The first-order valence-electron chi connectivity index (χ1n) is 6.18. The average Bonchev–Trinajstić information content (AvgIpc) is 2.37. The van der Waals surface area contributed by atoms with Crippen LogP contribution in [-0.4, -0.2) is 6.08 Å². The van der Waals surface area contributed by atoms with Crippen LogP contribution in [0.25, 0.3) is 11.1 Å². The molecule has 0 unspecified atom stereocenters. The molecule has 0 saturated heterocycles. The zero-order valence-corrected chi connectivity index (χ0v) is 9.87. The van der Waals surface area contributed by atoms with Crippen LogP contribution in [0.1, 0.15) is 13.9 Å². The standard InChI is InChI=1S/C14H14.CHNO/c1-11-5-3-7-13(9-11)14-8-4-6-12(2)10-14;2-1-3/h3-10H,1-2H3;2H/i5D,6D;. The number of benzene rings is 2. The van der Waals surface area contributed by atoms with Crippen LogP contribution in [0.4, 0.5) is 0 Å². The molecule has 0 amide bonds. The van der Waals surface area contributed by atoms with Crippen LogP contribution >= 0.6 is 0 Å². The molecule has 1 N–H and O–H groups in total. The maximum absolute atomic E-state index is 8.35. The van der Waals surface area contributed by atoms with Crippen LogP contribution in [0.2, 0.25) is 0 Å². The molecule has 0 atom stereocenters. The van der Waals surface area contributed by atoms with E-state index >= 15 is 0 Å². The molecule has 2 aromatic rings. The zero-order valence-electron chi connectivity index (χ0n) is 11.9. The minimum atomic E-state index is 0.567. The lowest BCUT2D eigenvalue weighted by molar-refractivity contribution is 0.563. The van der Waals surface area contributed by atoms with Crippen LogP contribution in [-0.2, 0) is 4.79 Å². The maximum atomic E-state index is 8.35. The van der Waals surface area contributed by atoms with E-state index in [4.69, 9.17) is 12.9 Å². The van der Waals surface area contributed by atoms with Crippen molar-refractivity contribution in [3.8, 4) is 11.1 Å². The molecule has 2 aromatic carbocycles. The highest BCUT2D eigenvalue weighted by Gasteiger charge is 1.96. The summed E-state index contributed by atoms with van der Waals surface area (Å²) in [5.74, 6) is 0. The van der Waals surface area contributed by atoms with Gasteiger partial charge in [-0.1, -0.05) is 59.6 Å². The quantitative estimate of drug-likeness (QED) is 0.583. The van der Waals surface area contributed by atoms with Crippen LogP contribution in [0.5, 0.6) is 0 Å². The van der Waals surface area contributed by atoms with Crippen molar-refractivity contribution >= 4 is 6.08 Å². The Morgan fingerprint density at radius 1 is 1.06 bits per heavy atom. The van der Waals surface area contributed by atoms with Gasteiger partial charge in [0.1, 0.15) is 0 Å². The molecule has 0 aliphatic rings. The third-order valence-electron chi connectivity index (χ3n) is 2.23. The Kier molecular flexibility index (Phi) is 3.77. The number of hydrogen-bond acceptors (Lipinski definition) is 2. The summed E-state index contributed by atoms with van der Waals surface area (Å²) in [6.07, 6.45) is 0.750. The molecule has 2 heteroatoms. The SMILES string of the molecule is N=C=O.[2H]c1ccc(-c2ccc([2H])c(C)c2)cc1C. The predicted octanol–water partition coefficient (Wildman–Crippen LogP) is 3.87. The Bertz CT molecular complexity index is 568. The van der Waals surface area contributed by atoms with Crippen molar-refractivity contribution in [2.75, 3.05) is 0 Å². The molecule has 0 fully saturated rings. The van der Waals surface area contributed by atoms with E-state index in [1.165, 1.54) is 0 Å². The summed E-state index contributed by atoms with van der Waals surface area (Å²) in [5, 5.41) is 5.40. The third-order valence-corrected chi connectivity index (χ3v) is 2.23. The van der Waals surface area contributed by atoms with E-state index in [0.29, 0.717) is 12.1 Å². The molecule has 0 aromatic heterocycles. The number of aryl methyl sites for hydroxylation is 2. The average molecular weight is 227 g/mol. The molecule has 2 nitrogen and oxygen atoms in total. The van der Waals surface area contributed by atoms with E-state index in [2.05, 4.69) is 0 Å². The van der Waals surface area contributed by atoms with Gasteiger partial charge in [-0.05, 0) is 25.0 Å². The van der Waals surface area contributed by atoms with Gasteiger partial charge in [0, 0.05) is 0 Å². The van der Waals surface area contributed by atoms with E-state index in [1.54, 1.807) is 0 Å². The van der Waals surface area contributed by atoms with E-state index in [0.717, 1.165) is 28.3 Å². The molecule has 0 radical (unpaired) electrons. The Labute approximate surface area is 104 Å². The molecule has 2 rings (SSSR count). The number of hydrogen-bond donors (Lipinski definition) is 1. The second-order valence-electron chi connectivity index (χ2n) is 3.62. The second kappa shape index (κ2) is 6.41. The Hall–Kier alpha value is -2.18. The summed E-state index contributed by atoms with van der Waals surface area (Å²) in [5.41, 5.74) is 4.17. The first-order chi connectivity index (χ1) is 8.99. The lowest BCUT2D eigenvalue weighted by atomic mass is 10.0. The van der Waals surface area contributed by atoms with Gasteiger partial charge in [-0.3, -0.25) is 0 Å². The van der Waals surface area contributed by atoms with Gasteiger partial charge >= 0.3 is 0 Å². The summed E-state index contributed by atoms with van der Waals surface area (Å²) >= 11 is 0. The maximum Gasteiger partial charge on any atom is 0.231 e. The molecule has 0 aliphatic carbocycles. The van der Waals surface area contributed by atoms with Crippen molar-refractivity contribution in [1.82, 2.24) is 0 Å². The van der Waals surface area contributed by atoms with Crippen molar-refractivity contribution in [3.63, 3.8) is 0 Å². The van der Waals surface area contributed by atoms with E-state index in [1.807, 2.05) is 50.2 Å². The Morgan fingerprint density at radius 3 is 1.71 bits per heavy atom. The molecule has 0 spiro atoms. The van der Waals surface area contributed by atoms with Gasteiger partial charge in [-0.15, -0.1) is 0 Å². The lowest BCUT2D eigenvalue weighted by Crippen LogP contribution is -1.80. The highest BCUT2D eigenvalue weighted by molar-refractivity contribution is 5.64. The summed E-state index contributed by atoms with van der Waals surface area (Å²) in [4.78, 5) is 8.35. The lowest BCUT2D eigenvalue weighted by Gasteiger charge is -2.03. The van der Waals surface area contributed by atoms with Gasteiger partial charge in [0.25, 0.3) is 0 Å². The minimum absolute atomic E-state index is 0.567. The summed E-state index contributed by atoms with van der Waals surface area (Å²) in [6, 6.07) is 12.7. The predicted molar refractivity (Wildman–Crippen MR) is 69.8 cm³/mol. The number of isocyanates is 1. The summed E-state index contributed by atoms with van der Waals surface area (Å²) in [6.45, 7) is 3.88. The highest BCUT2D eigenvalue weighted by atomic mass is 16.1. The smallest absolute Gasteiger partial charge is 0.222 e. The van der Waals surface area contributed by atoms with E-state index in [-0.39, 0.29) is 0 Å². The molecular weight excluding hydrogens is 210 g/mol. The molecule has 0 aliphatic heterocycles. The largest absolute Gasteiger partial charge is 0.231 e. The van der Waals surface area contributed by atoms with Crippen molar-refractivity contribution < 1.29 is 7.54 Å². The molecule has 17 heavy (non-hydrogen) atoms. The molecule has 86 valence electrons. The Balaban J connectivity index is 0.000000550. The molecule has 0 saturated carbocycles. The van der Waals surface area contributed by atoms with E-state index in [9.17, 15) is 0 Å². The third kappa shape index (κ3) is 4.06. The van der Waals surface area contributed by atoms with Gasteiger partial charge in [0.2, 0.25) is 6.08 Å². The van der Waals surface area contributed by atoms with Crippen LogP contribution in [0.15, 0.2) is 48.5 Å². The monoisotopic (exact) mass is 227 g/mol. The van der Waals surface area contributed by atoms with E-state index < -0.39 is 0 Å². The second-order valence-corrected chi connectivity index (χ2v) is 3.62. The summed E-state index contributed by atoms with van der Waals surface area (Å²) < 4.78 is 15.3. The normalized spacial score (nSPS) is 10.5. The molecule has 0 bridgehead atoms. The van der Waals surface area contributed by atoms with Crippen LogP contribution in [0.3, 0.4) is 0 Å². The van der Waals surface area contributed by atoms with Gasteiger partial charge in [0.15, 0.2) is 0 Å². The zero-order chi connectivity index (χ0) is 14.4. The van der Waals surface area contributed by atoms with Gasteiger partial charge < -0.3 is 0 Å². The van der Waals surface area contributed by atoms with Gasteiger partial charge in [-0.25, -0.2) is 10.2 Å². The fraction of sp³-hybridized carbons (Fsp3) is 0.133. The number of carbonyl (C=O) groups excluding carboxylic acids is 1. The van der Waals surface area contributed by atoms with Crippen molar-refractivity contribution in [3.05, 3.63) is 59.6 Å². The van der Waals surface area contributed by atoms with Gasteiger partial charge in [-0.2, -0.15) is 0 Å². The number of rotatable bonds is 1. The van der Waals surface area contributed by atoms with Crippen molar-refractivity contribution in [2.45, 2.75) is 13.8 Å². The van der Waals surface area contributed by atoms with Crippen LogP contribution in [0, 0.1) is 19.3 Å². The summed E-state index contributed by atoms with van der Waals surface area (Å²) in [7, 11) is 0. The number of nitrogens with one attached hydrogen (secondary N) is 1. The minimum Gasteiger partial charge on any atom is -0.222 e. The van der Waals surface area contributed by atoms with Crippen LogP contribution < -0.4 is 0 Å². The Morgan fingerprint density at radius 2 is 1.41 bits per heavy atom. The fourth-order valence-corrected chi connectivity index (χ4v) is 1.53. The fourth-order valence-electron chi connectivity index (χ4n) is 1.53. The molecular formula is C15H15NO. The highest BCUT2D eigenvalue weighted by Crippen LogP contribution is 2.20. The van der Waals surface area contributed by atoms with Crippen molar-refractivity contribution in [1.29, 1.82) is 5.41 Å². The molecule has 0 heterocycles. The first kappa shape index (κ1) is 10.0. The first-order valence-corrected chi connectivity index (χ1v) is 5.18. The topological polar surface area (TPSA) is 40.9 Å². The van der Waals surface area contributed by atoms with Crippen molar-refractivity contribution in [2.24, 2.45) is 0 Å². The van der Waals surface area contributed by atoms with Gasteiger partial charge in [0.05, 0.1) is 2.74 Å².